The van der Waals surface area contributed by atoms with Gasteiger partial charge < -0.3 is 26.6 Å². The first-order valence-electron chi connectivity index (χ1n) is 13.0. The molecule has 0 bridgehead atoms. The van der Waals surface area contributed by atoms with E-state index >= 15 is 0 Å². The normalized spacial score (nSPS) is 11.9. The third kappa shape index (κ3) is 24.0. The number of guanidine groups is 1. The molecule has 202 valence electrons. The summed E-state index contributed by atoms with van der Waals surface area (Å²) in [5.74, 6) is -0.267. The Morgan fingerprint density at radius 1 is 0.750 bits per heavy atom. The van der Waals surface area contributed by atoms with Gasteiger partial charge in [0.25, 0.3) is 0 Å². The zero-order valence-corrected chi connectivity index (χ0v) is 22.3. The SMILES string of the molecule is CCC=CCC=CCC=CCC=CCC=CCCCC(=O)NCCNCCNC(=O)CN(C)C(=N)N. The first kappa shape index (κ1) is 32.9. The van der Waals surface area contributed by atoms with E-state index in [2.05, 4.69) is 83.6 Å². The van der Waals surface area contributed by atoms with Gasteiger partial charge in [-0.3, -0.25) is 15.0 Å². The maximum absolute atomic E-state index is 11.9. The fourth-order valence-corrected chi connectivity index (χ4v) is 2.90. The number of hydrogen-bond donors (Lipinski definition) is 5. The van der Waals surface area contributed by atoms with E-state index in [0.29, 0.717) is 32.6 Å². The molecule has 8 nitrogen and oxygen atoms in total. The summed E-state index contributed by atoms with van der Waals surface area (Å²) >= 11 is 0. The Labute approximate surface area is 218 Å². The van der Waals surface area contributed by atoms with E-state index in [4.69, 9.17) is 11.1 Å². The molecule has 0 heterocycles. The molecule has 0 aliphatic heterocycles. The van der Waals surface area contributed by atoms with Crippen LogP contribution in [-0.4, -0.2) is 62.4 Å². The van der Waals surface area contributed by atoms with Gasteiger partial charge >= 0.3 is 0 Å². The van der Waals surface area contributed by atoms with Crippen LogP contribution in [0, 0.1) is 5.41 Å². The molecule has 0 atom stereocenters. The van der Waals surface area contributed by atoms with Gasteiger partial charge in [0, 0.05) is 39.6 Å². The number of nitrogens with one attached hydrogen (secondary N) is 4. The molecule has 0 aromatic rings. The molecule has 6 N–H and O–H groups in total. The van der Waals surface area contributed by atoms with Crippen molar-refractivity contribution in [3.63, 3.8) is 0 Å². The van der Waals surface area contributed by atoms with Crippen molar-refractivity contribution in [2.24, 2.45) is 5.73 Å². The fraction of sp³-hybridized carbons (Fsp3) is 0.536. The Morgan fingerprint density at radius 2 is 1.22 bits per heavy atom. The van der Waals surface area contributed by atoms with Crippen molar-refractivity contribution >= 4 is 17.8 Å². The molecule has 0 radical (unpaired) electrons. The maximum Gasteiger partial charge on any atom is 0.239 e. The van der Waals surface area contributed by atoms with Crippen LogP contribution in [0.15, 0.2) is 60.8 Å². The standard InChI is InChI=1S/C28H48N6O2/c1-3-4-5-6-7-8-9-10-11-12-13-14-15-16-17-18-19-20-26(35)32-23-21-31-22-24-33-27(36)25-34(2)28(29)30/h4-5,7-8,10-11,13-14,16-17,31H,3,6,9,12,15,18-25H2,1-2H3,(H3,29,30)(H,32,35)(H,33,36). The molecule has 0 aromatic heterocycles. The molecule has 0 saturated carbocycles. The number of hydrogen-bond acceptors (Lipinski definition) is 4. The number of likely N-dealkylation sites (N-methyl/N-ethyl adjacent to an activating group) is 1. The van der Waals surface area contributed by atoms with Crippen molar-refractivity contribution in [1.29, 1.82) is 5.41 Å². The van der Waals surface area contributed by atoms with Crippen LogP contribution in [0.3, 0.4) is 0 Å². The summed E-state index contributed by atoms with van der Waals surface area (Å²) in [7, 11) is 1.59. The summed E-state index contributed by atoms with van der Waals surface area (Å²) in [5, 5.41) is 16.0. The third-order valence-electron chi connectivity index (χ3n) is 4.97. The first-order chi connectivity index (χ1) is 17.5. The zero-order chi connectivity index (χ0) is 26.7. The lowest BCUT2D eigenvalue weighted by atomic mass is 10.2. The second-order valence-electron chi connectivity index (χ2n) is 8.29. The molecule has 0 fully saturated rings. The largest absolute Gasteiger partial charge is 0.370 e. The van der Waals surface area contributed by atoms with Gasteiger partial charge in [-0.2, -0.15) is 0 Å². The van der Waals surface area contributed by atoms with Crippen LogP contribution in [0.25, 0.3) is 0 Å². The van der Waals surface area contributed by atoms with Crippen molar-refractivity contribution in [3.8, 4) is 0 Å². The van der Waals surface area contributed by atoms with E-state index in [-0.39, 0.29) is 24.3 Å². The molecule has 0 unspecified atom stereocenters. The number of nitrogens with two attached hydrogens (primary N) is 1. The Morgan fingerprint density at radius 3 is 1.72 bits per heavy atom. The second kappa shape index (κ2) is 25.0. The van der Waals surface area contributed by atoms with Crippen LogP contribution in [0.5, 0.6) is 0 Å². The van der Waals surface area contributed by atoms with Crippen LogP contribution in [0.4, 0.5) is 0 Å². The number of unbranched alkanes of at least 4 members (excludes halogenated alkanes) is 1. The van der Waals surface area contributed by atoms with E-state index in [1.165, 1.54) is 4.90 Å². The lowest BCUT2D eigenvalue weighted by Crippen LogP contribution is -2.43. The molecule has 8 heteroatoms. The number of carbonyl (C=O) groups is 2. The summed E-state index contributed by atoms with van der Waals surface area (Å²) in [6, 6.07) is 0. The summed E-state index contributed by atoms with van der Waals surface area (Å²) in [4.78, 5) is 24.9. The molecule has 36 heavy (non-hydrogen) atoms. The summed E-state index contributed by atoms with van der Waals surface area (Å²) < 4.78 is 0. The minimum absolute atomic E-state index is 0.0599. The smallest absolute Gasteiger partial charge is 0.239 e. The van der Waals surface area contributed by atoms with Gasteiger partial charge in [-0.05, 0) is 44.9 Å². The average Bonchev–Trinajstić information content (AvgIpc) is 2.85. The number of nitrogens with zero attached hydrogens (tertiary/aromatic N) is 1. The highest BCUT2D eigenvalue weighted by atomic mass is 16.2. The van der Waals surface area contributed by atoms with Crippen LogP contribution in [0.1, 0.15) is 58.3 Å². The van der Waals surface area contributed by atoms with E-state index < -0.39 is 0 Å². The summed E-state index contributed by atoms with van der Waals surface area (Å²) in [5.41, 5.74) is 5.29. The van der Waals surface area contributed by atoms with Crippen LogP contribution in [0.2, 0.25) is 0 Å². The number of amides is 2. The van der Waals surface area contributed by atoms with Crippen molar-refractivity contribution in [2.75, 3.05) is 39.8 Å². The predicted molar refractivity (Wildman–Crippen MR) is 152 cm³/mol. The molecule has 0 saturated heterocycles. The maximum atomic E-state index is 11.9. The molecule has 2 amide bonds. The van der Waals surface area contributed by atoms with Gasteiger partial charge in [-0.1, -0.05) is 67.7 Å². The number of carbonyl (C=O) groups excluding carboxylic acids is 2. The van der Waals surface area contributed by atoms with Gasteiger partial charge in [0.15, 0.2) is 5.96 Å². The monoisotopic (exact) mass is 500 g/mol. The molecule has 0 aliphatic rings. The highest BCUT2D eigenvalue weighted by molar-refractivity contribution is 5.83. The van der Waals surface area contributed by atoms with Gasteiger partial charge in [0.1, 0.15) is 0 Å². The lowest BCUT2D eigenvalue weighted by molar-refractivity contribution is -0.121. The molecule has 0 rings (SSSR count). The van der Waals surface area contributed by atoms with Crippen LogP contribution < -0.4 is 21.7 Å². The van der Waals surface area contributed by atoms with Crippen LogP contribution in [-0.2, 0) is 9.59 Å². The fourth-order valence-electron chi connectivity index (χ4n) is 2.90. The molecule has 0 spiro atoms. The van der Waals surface area contributed by atoms with E-state index in [1.54, 1.807) is 7.05 Å². The highest BCUT2D eigenvalue weighted by Crippen LogP contribution is 1.99. The Bertz CT molecular complexity index is 740. The van der Waals surface area contributed by atoms with E-state index in [0.717, 1.165) is 44.9 Å². The zero-order valence-electron chi connectivity index (χ0n) is 22.3. The van der Waals surface area contributed by atoms with E-state index in [1.807, 2.05) is 0 Å². The van der Waals surface area contributed by atoms with Gasteiger partial charge in [0.2, 0.25) is 11.8 Å². The van der Waals surface area contributed by atoms with Crippen LogP contribution >= 0.6 is 0 Å². The Hall–Kier alpha value is -3.13. The minimum Gasteiger partial charge on any atom is -0.370 e. The minimum atomic E-state index is -0.185. The van der Waals surface area contributed by atoms with Crippen molar-refractivity contribution < 1.29 is 9.59 Å². The average molecular weight is 501 g/mol. The number of allylic oxidation sites excluding steroid dienone is 10. The van der Waals surface area contributed by atoms with Gasteiger partial charge in [-0.15, -0.1) is 0 Å². The quantitative estimate of drug-likeness (QED) is 0.0714. The predicted octanol–water partition coefficient (Wildman–Crippen LogP) is 3.56. The van der Waals surface area contributed by atoms with Crippen molar-refractivity contribution in [3.05, 3.63) is 60.8 Å². The molecular weight excluding hydrogens is 452 g/mol. The molecule has 0 aromatic carbocycles. The topological polar surface area (TPSA) is 123 Å². The van der Waals surface area contributed by atoms with Crippen molar-refractivity contribution in [2.45, 2.75) is 58.3 Å². The third-order valence-corrected chi connectivity index (χ3v) is 4.97. The second-order valence-corrected chi connectivity index (χ2v) is 8.29. The summed E-state index contributed by atoms with van der Waals surface area (Å²) in [6.07, 6.45) is 29.0. The summed E-state index contributed by atoms with van der Waals surface area (Å²) in [6.45, 7) is 4.49. The highest BCUT2D eigenvalue weighted by Gasteiger charge is 2.06. The number of rotatable bonds is 21. The molecular formula is C28H48N6O2. The van der Waals surface area contributed by atoms with Gasteiger partial charge in [0.05, 0.1) is 6.54 Å². The van der Waals surface area contributed by atoms with E-state index in [9.17, 15) is 9.59 Å². The molecule has 0 aliphatic carbocycles. The van der Waals surface area contributed by atoms with Gasteiger partial charge in [-0.25, -0.2) is 0 Å². The van der Waals surface area contributed by atoms with Crippen molar-refractivity contribution in [1.82, 2.24) is 20.9 Å². The first-order valence-corrected chi connectivity index (χ1v) is 13.0. The Balaban J connectivity index is 3.54. The lowest BCUT2D eigenvalue weighted by Gasteiger charge is -2.15. The Kier molecular flexibility index (Phi) is 22.8.